The lowest BCUT2D eigenvalue weighted by molar-refractivity contribution is -0.0440. The number of benzene rings is 3. The van der Waals surface area contributed by atoms with Crippen LogP contribution >= 0.6 is 0 Å². The van der Waals surface area contributed by atoms with Crippen LogP contribution in [0, 0.1) is 12.7 Å². The van der Waals surface area contributed by atoms with Crippen LogP contribution in [0.2, 0.25) is 0 Å². The van der Waals surface area contributed by atoms with Crippen molar-refractivity contribution in [3.05, 3.63) is 95.0 Å². The van der Waals surface area contributed by atoms with Crippen molar-refractivity contribution in [2.24, 2.45) is 0 Å². The average molecular weight is 565 g/mol. The largest absolute Gasteiger partial charge is 0.450 e. The maximum Gasteiger partial charge on any atom is 0.243 e. The first-order valence-electron chi connectivity index (χ1n) is 12.9. The van der Waals surface area contributed by atoms with Crippen molar-refractivity contribution in [1.82, 2.24) is 4.31 Å². The SMILES string of the molecule is Cc1ccc(C(=O)c2oc3ccccc3c2NCC(=O)c2cccc(S(=O)(=O)N3CC(C)OC(C)C3)c2)cc1F. The zero-order valence-corrected chi connectivity index (χ0v) is 23.1. The van der Waals surface area contributed by atoms with Gasteiger partial charge in [0.2, 0.25) is 15.8 Å². The van der Waals surface area contributed by atoms with Gasteiger partial charge in [-0.3, -0.25) is 9.59 Å². The minimum Gasteiger partial charge on any atom is -0.450 e. The number of anilines is 1. The molecule has 1 aliphatic heterocycles. The molecule has 1 N–H and O–H groups in total. The molecule has 4 aromatic rings. The van der Waals surface area contributed by atoms with Crippen LogP contribution in [0.1, 0.15) is 45.9 Å². The van der Waals surface area contributed by atoms with E-state index in [2.05, 4.69) is 5.32 Å². The van der Waals surface area contributed by atoms with E-state index in [1.54, 1.807) is 37.3 Å². The topological polar surface area (TPSA) is 106 Å². The second kappa shape index (κ2) is 11.0. The van der Waals surface area contributed by atoms with E-state index in [-0.39, 0.29) is 59.4 Å². The van der Waals surface area contributed by atoms with Gasteiger partial charge in [-0.1, -0.05) is 36.4 Å². The lowest BCUT2D eigenvalue weighted by atomic mass is 10.0. The summed E-state index contributed by atoms with van der Waals surface area (Å²) >= 11 is 0. The van der Waals surface area contributed by atoms with Gasteiger partial charge < -0.3 is 14.5 Å². The molecular formula is C30H29FN2O6S. The van der Waals surface area contributed by atoms with Gasteiger partial charge in [0.1, 0.15) is 11.4 Å². The molecule has 8 nitrogen and oxygen atoms in total. The van der Waals surface area contributed by atoms with Gasteiger partial charge in [-0.05, 0) is 56.7 Å². The number of ketones is 2. The number of fused-ring (bicyclic) bond motifs is 1. The van der Waals surface area contributed by atoms with Crippen LogP contribution in [-0.2, 0) is 14.8 Å². The molecule has 5 rings (SSSR count). The van der Waals surface area contributed by atoms with Crippen LogP contribution in [0.4, 0.5) is 10.1 Å². The predicted molar refractivity (Wildman–Crippen MR) is 149 cm³/mol. The highest BCUT2D eigenvalue weighted by atomic mass is 32.2. The molecule has 0 bridgehead atoms. The Bertz CT molecular complexity index is 1700. The molecule has 0 spiro atoms. The summed E-state index contributed by atoms with van der Waals surface area (Å²) in [6, 6.07) is 17.0. The maximum absolute atomic E-state index is 14.2. The van der Waals surface area contributed by atoms with Crippen LogP contribution < -0.4 is 5.32 Å². The lowest BCUT2D eigenvalue weighted by Gasteiger charge is -2.34. The third-order valence-corrected chi connectivity index (χ3v) is 8.67. The number of morpholine rings is 1. The number of para-hydroxylation sites is 1. The van der Waals surface area contributed by atoms with Gasteiger partial charge in [0, 0.05) is 29.6 Å². The molecule has 2 atom stereocenters. The minimum absolute atomic E-state index is 0.0191. The van der Waals surface area contributed by atoms with Gasteiger partial charge >= 0.3 is 0 Å². The van der Waals surface area contributed by atoms with Crippen LogP contribution in [0.3, 0.4) is 0 Å². The molecule has 1 fully saturated rings. The van der Waals surface area contributed by atoms with Gasteiger partial charge in [-0.25, -0.2) is 12.8 Å². The van der Waals surface area contributed by atoms with E-state index in [0.717, 1.165) is 6.07 Å². The van der Waals surface area contributed by atoms with Crippen molar-refractivity contribution in [2.75, 3.05) is 25.0 Å². The van der Waals surface area contributed by atoms with Crippen LogP contribution in [0.5, 0.6) is 0 Å². The van der Waals surface area contributed by atoms with Crippen LogP contribution in [-0.4, -0.2) is 56.1 Å². The molecule has 208 valence electrons. The quantitative estimate of drug-likeness (QED) is 0.293. The number of nitrogens with zero attached hydrogens (tertiary/aromatic N) is 1. The first kappa shape index (κ1) is 27.7. The monoisotopic (exact) mass is 564 g/mol. The van der Waals surface area contributed by atoms with E-state index in [1.165, 1.54) is 34.6 Å². The van der Waals surface area contributed by atoms with E-state index in [9.17, 15) is 22.4 Å². The Kier molecular flexibility index (Phi) is 7.59. The zero-order chi connectivity index (χ0) is 28.6. The van der Waals surface area contributed by atoms with Gasteiger partial charge in [0.15, 0.2) is 11.5 Å². The minimum atomic E-state index is -3.84. The predicted octanol–water partition coefficient (Wildman–Crippen LogP) is 5.20. The second-order valence-electron chi connectivity index (χ2n) is 9.98. The first-order valence-corrected chi connectivity index (χ1v) is 14.3. The molecule has 2 heterocycles. The summed E-state index contributed by atoms with van der Waals surface area (Å²) in [5.74, 6) is -1.48. The molecule has 0 amide bonds. The normalized spacial score (nSPS) is 18.1. The fraction of sp³-hybridized carbons (Fsp3) is 0.267. The van der Waals surface area contributed by atoms with Crippen molar-refractivity contribution in [3.8, 4) is 0 Å². The Hall–Kier alpha value is -3.86. The smallest absolute Gasteiger partial charge is 0.243 e. The number of halogens is 1. The van der Waals surface area contributed by atoms with E-state index < -0.39 is 21.6 Å². The number of hydrogen-bond donors (Lipinski definition) is 1. The Morgan fingerprint density at radius 3 is 2.42 bits per heavy atom. The summed E-state index contributed by atoms with van der Waals surface area (Å²) in [5, 5.41) is 3.59. The molecule has 2 unspecified atom stereocenters. The molecule has 1 saturated heterocycles. The van der Waals surface area contributed by atoms with Crippen LogP contribution in [0.25, 0.3) is 11.0 Å². The van der Waals surface area contributed by atoms with E-state index in [0.29, 0.717) is 22.2 Å². The summed E-state index contributed by atoms with van der Waals surface area (Å²) in [7, 11) is -3.84. The maximum atomic E-state index is 14.2. The van der Waals surface area contributed by atoms with Crippen molar-refractivity contribution < 1.29 is 31.6 Å². The number of furan rings is 1. The molecule has 40 heavy (non-hydrogen) atoms. The highest BCUT2D eigenvalue weighted by molar-refractivity contribution is 7.89. The molecular weight excluding hydrogens is 535 g/mol. The number of nitrogens with one attached hydrogen (secondary N) is 1. The van der Waals surface area contributed by atoms with Gasteiger partial charge in [0.25, 0.3) is 0 Å². The van der Waals surface area contributed by atoms with Crippen molar-refractivity contribution in [3.63, 3.8) is 0 Å². The van der Waals surface area contributed by atoms with Crippen molar-refractivity contribution >= 4 is 38.2 Å². The third kappa shape index (κ3) is 5.42. The summed E-state index contributed by atoms with van der Waals surface area (Å²) in [6.45, 7) is 5.45. The Morgan fingerprint density at radius 2 is 1.70 bits per heavy atom. The third-order valence-electron chi connectivity index (χ3n) is 6.84. The second-order valence-corrected chi connectivity index (χ2v) is 11.9. The number of rotatable bonds is 8. The fourth-order valence-corrected chi connectivity index (χ4v) is 6.46. The number of hydrogen-bond acceptors (Lipinski definition) is 7. The highest BCUT2D eigenvalue weighted by Gasteiger charge is 2.32. The molecule has 10 heteroatoms. The molecule has 3 aromatic carbocycles. The van der Waals surface area contributed by atoms with Crippen molar-refractivity contribution in [1.29, 1.82) is 0 Å². The molecule has 0 saturated carbocycles. The first-order chi connectivity index (χ1) is 19.0. The van der Waals surface area contributed by atoms with E-state index >= 15 is 0 Å². The number of sulfonamides is 1. The van der Waals surface area contributed by atoms with Crippen LogP contribution in [0.15, 0.2) is 76.0 Å². The van der Waals surface area contributed by atoms with Gasteiger partial charge in [0.05, 0.1) is 29.3 Å². The van der Waals surface area contributed by atoms with E-state index in [4.69, 9.17) is 9.15 Å². The summed E-state index contributed by atoms with van der Waals surface area (Å²) in [6.07, 6.45) is -0.490. The zero-order valence-electron chi connectivity index (χ0n) is 22.3. The number of ether oxygens (including phenoxy) is 1. The molecule has 0 radical (unpaired) electrons. The van der Waals surface area contributed by atoms with E-state index in [1.807, 2.05) is 13.8 Å². The molecule has 1 aliphatic rings. The van der Waals surface area contributed by atoms with Crippen molar-refractivity contribution in [2.45, 2.75) is 37.9 Å². The summed E-state index contributed by atoms with van der Waals surface area (Å²) in [5.41, 5.74) is 1.45. The van der Waals surface area contributed by atoms with Gasteiger partial charge in [-0.2, -0.15) is 4.31 Å². The summed E-state index contributed by atoms with van der Waals surface area (Å²) < 4.78 is 53.7. The summed E-state index contributed by atoms with van der Waals surface area (Å²) in [4.78, 5) is 26.5. The average Bonchev–Trinajstić information content (AvgIpc) is 3.31. The van der Waals surface area contributed by atoms with Gasteiger partial charge in [-0.15, -0.1) is 0 Å². The Labute approximate surface area is 231 Å². The fourth-order valence-electron chi connectivity index (χ4n) is 4.82. The Balaban J connectivity index is 1.40. The number of Topliss-reactive ketones (excluding diaryl/α,β-unsaturated/α-hetero) is 1. The number of carbonyl (C=O) groups excluding carboxylic acids is 2. The number of carbonyl (C=O) groups is 2. The standard InChI is InChI=1S/C30H29FN2O6S/c1-18-11-12-22(14-25(18)31)29(35)30-28(24-9-4-5-10-27(24)39-30)32-15-26(34)21-7-6-8-23(13-21)40(36,37)33-16-19(2)38-20(3)17-33/h4-14,19-20,32H,15-17H2,1-3H3. The molecule has 0 aliphatic carbocycles. The molecule has 1 aromatic heterocycles. The number of aryl methyl sites for hydroxylation is 1. The highest BCUT2D eigenvalue weighted by Crippen LogP contribution is 2.33. The lowest BCUT2D eigenvalue weighted by Crippen LogP contribution is -2.48. The Morgan fingerprint density at radius 1 is 0.975 bits per heavy atom.